The van der Waals surface area contributed by atoms with E-state index in [4.69, 9.17) is 21.1 Å². The van der Waals surface area contributed by atoms with E-state index in [9.17, 15) is 4.39 Å². The summed E-state index contributed by atoms with van der Waals surface area (Å²) in [5.41, 5.74) is 1.83. The fourth-order valence-electron chi connectivity index (χ4n) is 2.13. The summed E-state index contributed by atoms with van der Waals surface area (Å²) >= 11 is 5.77. The Labute approximate surface area is 127 Å². The van der Waals surface area contributed by atoms with E-state index >= 15 is 0 Å². The monoisotopic (exact) mass is 307 g/mol. The number of fused-ring (bicyclic) bond motifs is 1. The molecule has 0 spiro atoms. The van der Waals surface area contributed by atoms with Crippen molar-refractivity contribution in [2.45, 2.75) is 13.0 Å². The minimum absolute atomic E-state index is 0.132. The first kappa shape index (κ1) is 14.0. The molecular weight excluding hydrogens is 293 g/mol. The number of hydrogen-bond donors (Lipinski definition) is 1. The van der Waals surface area contributed by atoms with Gasteiger partial charge in [-0.2, -0.15) is 0 Å². The van der Waals surface area contributed by atoms with E-state index in [2.05, 4.69) is 5.32 Å². The third-order valence-electron chi connectivity index (χ3n) is 3.23. The Bertz CT molecular complexity index is 648. The van der Waals surface area contributed by atoms with Crippen molar-refractivity contribution in [3.05, 3.63) is 52.8 Å². The van der Waals surface area contributed by atoms with Crippen LogP contribution in [0.4, 0.5) is 10.1 Å². The van der Waals surface area contributed by atoms with E-state index in [-0.39, 0.29) is 5.02 Å². The fraction of sp³-hybridized carbons (Fsp3) is 0.250. The van der Waals surface area contributed by atoms with Gasteiger partial charge in [0.1, 0.15) is 5.82 Å². The summed E-state index contributed by atoms with van der Waals surface area (Å²) in [6, 6.07) is 10.4. The fourth-order valence-corrected chi connectivity index (χ4v) is 2.33. The highest BCUT2D eigenvalue weighted by Gasteiger charge is 2.10. The summed E-state index contributed by atoms with van der Waals surface area (Å²) in [5, 5.41) is 3.39. The van der Waals surface area contributed by atoms with Crippen molar-refractivity contribution in [3.63, 3.8) is 0 Å². The van der Waals surface area contributed by atoms with Crippen LogP contribution in [-0.2, 0) is 6.54 Å². The number of ether oxygens (including phenoxy) is 2. The zero-order valence-corrected chi connectivity index (χ0v) is 12.1. The van der Waals surface area contributed by atoms with Gasteiger partial charge in [0.25, 0.3) is 0 Å². The van der Waals surface area contributed by atoms with Crippen LogP contribution < -0.4 is 14.8 Å². The van der Waals surface area contributed by atoms with Gasteiger partial charge in [0.2, 0.25) is 0 Å². The number of anilines is 1. The summed E-state index contributed by atoms with van der Waals surface area (Å²) in [6.07, 6.45) is 0.880. The molecule has 0 aliphatic carbocycles. The van der Waals surface area contributed by atoms with E-state index in [0.29, 0.717) is 19.8 Å². The number of rotatable bonds is 3. The Balaban J connectivity index is 1.70. The summed E-state index contributed by atoms with van der Waals surface area (Å²) in [4.78, 5) is 0. The molecule has 0 fully saturated rings. The van der Waals surface area contributed by atoms with Crippen molar-refractivity contribution >= 4 is 17.3 Å². The molecule has 3 rings (SSSR count). The second-order valence-electron chi connectivity index (χ2n) is 4.81. The van der Waals surface area contributed by atoms with Crippen LogP contribution in [0.25, 0.3) is 0 Å². The van der Waals surface area contributed by atoms with Crippen LogP contribution in [-0.4, -0.2) is 13.2 Å². The van der Waals surface area contributed by atoms with E-state index in [0.717, 1.165) is 29.2 Å². The average Bonchev–Trinajstić information content (AvgIpc) is 2.73. The Morgan fingerprint density at radius 1 is 1.05 bits per heavy atom. The summed E-state index contributed by atoms with van der Waals surface area (Å²) in [6.45, 7) is 1.89. The van der Waals surface area contributed by atoms with Crippen molar-refractivity contribution in [1.82, 2.24) is 0 Å². The van der Waals surface area contributed by atoms with Gasteiger partial charge >= 0.3 is 0 Å². The second kappa shape index (κ2) is 6.22. The standard InChI is InChI=1S/C16H15ClFNO2/c17-13-8-11(2-4-14(13)18)10-19-12-3-5-15-16(9-12)21-7-1-6-20-15/h2-5,8-9,19H,1,6-7,10H2. The number of nitrogens with one attached hydrogen (secondary N) is 1. The third kappa shape index (κ3) is 3.39. The van der Waals surface area contributed by atoms with Crippen LogP contribution in [0.2, 0.25) is 5.02 Å². The first-order chi connectivity index (χ1) is 10.2. The quantitative estimate of drug-likeness (QED) is 0.919. The molecule has 0 saturated heterocycles. The molecule has 1 aliphatic heterocycles. The van der Waals surface area contributed by atoms with Crippen LogP contribution in [0.15, 0.2) is 36.4 Å². The van der Waals surface area contributed by atoms with Crippen LogP contribution in [0, 0.1) is 5.82 Å². The van der Waals surface area contributed by atoms with Gasteiger partial charge in [0.05, 0.1) is 18.2 Å². The summed E-state index contributed by atoms with van der Waals surface area (Å²) in [7, 11) is 0. The van der Waals surface area contributed by atoms with Gasteiger partial charge in [-0.1, -0.05) is 17.7 Å². The third-order valence-corrected chi connectivity index (χ3v) is 3.52. The maximum absolute atomic E-state index is 13.1. The van der Waals surface area contributed by atoms with Crippen molar-refractivity contribution in [2.75, 3.05) is 18.5 Å². The molecule has 0 atom stereocenters. The number of hydrogen-bond acceptors (Lipinski definition) is 3. The predicted octanol–water partition coefficient (Wildman–Crippen LogP) is 4.25. The molecule has 3 nitrogen and oxygen atoms in total. The lowest BCUT2D eigenvalue weighted by atomic mass is 10.2. The van der Waals surface area contributed by atoms with Crippen molar-refractivity contribution in [2.24, 2.45) is 0 Å². The molecule has 110 valence electrons. The number of benzene rings is 2. The normalized spacial score (nSPS) is 13.6. The highest BCUT2D eigenvalue weighted by atomic mass is 35.5. The van der Waals surface area contributed by atoms with Gasteiger partial charge in [-0.05, 0) is 29.8 Å². The lowest BCUT2D eigenvalue weighted by molar-refractivity contribution is 0.297. The van der Waals surface area contributed by atoms with Crippen molar-refractivity contribution < 1.29 is 13.9 Å². The van der Waals surface area contributed by atoms with E-state index < -0.39 is 5.82 Å². The van der Waals surface area contributed by atoms with Crippen LogP contribution in [0.1, 0.15) is 12.0 Å². The van der Waals surface area contributed by atoms with E-state index in [1.807, 2.05) is 18.2 Å². The van der Waals surface area contributed by atoms with Gasteiger partial charge < -0.3 is 14.8 Å². The lowest BCUT2D eigenvalue weighted by Crippen LogP contribution is -2.00. The first-order valence-corrected chi connectivity index (χ1v) is 7.17. The maximum atomic E-state index is 13.1. The second-order valence-corrected chi connectivity index (χ2v) is 5.22. The van der Waals surface area contributed by atoms with Crippen LogP contribution >= 0.6 is 11.6 Å². The molecule has 2 aromatic rings. The molecule has 5 heteroatoms. The van der Waals surface area contributed by atoms with Crippen molar-refractivity contribution in [1.29, 1.82) is 0 Å². The van der Waals surface area contributed by atoms with Gasteiger partial charge in [-0.25, -0.2) is 4.39 Å². The van der Waals surface area contributed by atoms with Gasteiger partial charge in [-0.15, -0.1) is 0 Å². The molecule has 0 aromatic heterocycles. The Kier molecular flexibility index (Phi) is 4.15. The van der Waals surface area contributed by atoms with Crippen LogP contribution in [0.5, 0.6) is 11.5 Å². The summed E-state index contributed by atoms with van der Waals surface area (Å²) in [5.74, 6) is 1.11. The van der Waals surface area contributed by atoms with Gasteiger partial charge in [0.15, 0.2) is 11.5 Å². The molecular formula is C16H15ClFNO2. The highest BCUT2D eigenvalue weighted by molar-refractivity contribution is 6.30. The topological polar surface area (TPSA) is 30.5 Å². The predicted molar refractivity (Wildman–Crippen MR) is 80.8 cm³/mol. The first-order valence-electron chi connectivity index (χ1n) is 6.80. The molecule has 0 radical (unpaired) electrons. The molecule has 0 amide bonds. The zero-order valence-electron chi connectivity index (χ0n) is 11.4. The molecule has 0 saturated carbocycles. The molecule has 1 heterocycles. The van der Waals surface area contributed by atoms with Gasteiger partial charge in [0, 0.05) is 24.7 Å². The molecule has 0 bridgehead atoms. The number of halogens is 2. The van der Waals surface area contributed by atoms with Crippen molar-refractivity contribution in [3.8, 4) is 11.5 Å². The molecule has 0 unspecified atom stereocenters. The highest BCUT2D eigenvalue weighted by Crippen LogP contribution is 2.32. The maximum Gasteiger partial charge on any atom is 0.163 e. The SMILES string of the molecule is Fc1ccc(CNc2ccc3c(c2)OCCCO3)cc1Cl. The Hall–Kier alpha value is -1.94. The van der Waals surface area contributed by atoms with E-state index in [1.54, 1.807) is 12.1 Å². The summed E-state index contributed by atoms with van der Waals surface area (Å²) < 4.78 is 24.3. The van der Waals surface area contributed by atoms with Gasteiger partial charge in [-0.3, -0.25) is 0 Å². The smallest absolute Gasteiger partial charge is 0.163 e. The zero-order chi connectivity index (χ0) is 14.7. The Morgan fingerprint density at radius 2 is 1.86 bits per heavy atom. The molecule has 1 aliphatic rings. The van der Waals surface area contributed by atoms with E-state index in [1.165, 1.54) is 6.07 Å². The largest absolute Gasteiger partial charge is 0.490 e. The minimum atomic E-state index is -0.406. The Morgan fingerprint density at radius 3 is 2.67 bits per heavy atom. The van der Waals surface area contributed by atoms with Crippen LogP contribution in [0.3, 0.4) is 0 Å². The minimum Gasteiger partial charge on any atom is -0.490 e. The molecule has 21 heavy (non-hydrogen) atoms. The molecule has 2 aromatic carbocycles. The molecule has 1 N–H and O–H groups in total. The average molecular weight is 308 g/mol. The lowest BCUT2D eigenvalue weighted by Gasteiger charge is -2.11.